The van der Waals surface area contributed by atoms with Crippen molar-refractivity contribution in [3.8, 4) is 5.75 Å². The third kappa shape index (κ3) is 5.37. The molecule has 158 valence electrons. The molecule has 0 saturated carbocycles. The topological polar surface area (TPSA) is 93.7 Å². The lowest BCUT2D eigenvalue weighted by Crippen LogP contribution is -2.31. The van der Waals surface area contributed by atoms with Crippen LogP contribution >= 0.6 is 0 Å². The molecule has 0 bridgehead atoms. The highest BCUT2D eigenvalue weighted by molar-refractivity contribution is 5.98. The first-order chi connectivity index (χ1) is 14.4. The zero-order valence-corrected chi connectivity index (χ0v) is 17.4. The zero-order valence-electron chi connectivity index (χ0n) is 17.4. The molecule has 2 aromatic rings. The summed E-state index contributed by atoms with van der Waals surface area (Å²) in [7, 11) is 1.58. The number of hydrogen-bond acceptors (Lipinski definition) is 5. The molecule has 1 atom stereocenters. The number of rotatable bonds is 7. The fraction of sp³-hybridized carbons (Fsp3) is 0.348. The van der Waals surface area contributed by atoms with E-state index in [1.165, 1.54) is 0 Å². The van der Waals surface area contributed by atoms with E-state index in [4.69, 9.17) is 9.47 Å². The molecule has 7 heteroatoms. The summed E-state index contributed by atoms with van der Waals surface area (Å²) in [4.78, 5) is 36.7. The van der Waals surface area contributed by atoms with Crippen molar-refractivity contribution < 1.29 is 23.9 Å². The van der Waals surface area contributed by atoms with Gasteiger partial charge in [-0.15, -0.1) is 0 Å². The quantitative estimate of drug-likeness (QED) is 0.683. The molecule has 2 N–H and O–H groups in total. The van der Waals surface area contributed by atoms with Crippen LogP contribution in [0.3, 0.4) is 0 Å². The number of benzene rings is 2. The minimum Gasteiger partial charge on any atom is -0.497 e. The number of nitrogens with one attached hydrogen (secondary N) is 2. The van der Waals surface area contributed by atoms with Gasteiger partial charge in [-0.25, -0.2) is 0 Å². The van der Waals surface area contributed by atoms with E-state index >= 15 is 0 Å². The predicted molar refractivity (Wildman–Crippen MR) is 112 cm³/mol. The van der Waals surface area contributed by atoms with Crippen molar-refractivity contribution in [3.63, 3.8) is 0 Å². The second-order valence-electron chi connectivity index (χ2n) is 7.46. The van der Waals surface area contributed by atoms with Crippen LogP contribution in [-0.2, 0) is 20.7 Å². The fourth-order valence-corrected chi connectivity index (χ4v) is 3.33. The fourth-order valence-electron chi connectivity index (χ4n) is 3.33. The van der Waals surface area contributed by atoms with Crippen LogP contribution in [-0.4, -0.2) is 31.0 Å². The zero-order chi connectivity index (χ0) is 21.7. The van der Waals surface area contributed by atoms with Gasteiger partial charge in [0.25, 0.3) is 5.91 Å². The summed E-state index contributed by atoms with van der Waals surface area (Å²) in [6.45, 7) is 3.57. The molecule has 1 aliphatic heterocycles. The minimum absolute atomic E-state index is 0.0112. The van der Waals surface area contributed by atoms with Gasteiger partial charge in [0.15, 0.2) is 0 Å². The number of esters is 1. The van der Waals surface area contributed by atoms with Crippen LogP contribution in [0.1, 0.15) is 54.2 Å². The molecule has 2 amide bonds. The first-order valence-corrected chi connectivity index (χ1v) is 9.92. The maximum absolute atomic E-state index is 12.9. The first-order valence-electron chi connectivity index (χ1n) is 9.92. The van der Waals surface area contributed by atoms with Crippen molar-refractivity contribution in [2.75, 3.05) is 12.4 Å². The van der Waals surface area contributed by atoms with Crippen molar-refractivity contribution in [2.24, 2.45) is 0 Å². The Morgan fingerprint density at radius 2 is 1.83 bits per heavy atom. The van der Waals surface area contributed by atoms with E-state index in [0.29, 0.717) is 24.2 Å². The Kier molecular flexibility index (Phi) is 6.72. The van der Waals surface area contributed by atoms with Crippen LogP contribution in [0.2, 0.25) is 0 Å². The Balaban J connectivity index is 1.79. The Bertz CT molecular complexity index is 937. The highest BCUT2D eigenvalue weighted by Crippen LogP contribution is 2.25. The number of aryl methyl sites for hydroxylation is 1. The molecular formula is C23H26N2O5. The van der Waals surface area contributed by atoms with Crippen molar-refractivity contribution in [2.45, 2.75) is 45.3 Å². The number of carbonyl (C=O) groups excluding carboxylic acids is 3. The number of carbonyl (C=O) groups is 3. The van der Waals surface area contributed by atoms with Gasteiger partial charge >= 0.3 is 5.97 Å². The van der Waals surface area contributed by atoms with Gasteiger partial charge in [0.2, 0.25) is 5.91 Å². The van der Waals surface area contributed by atoms with Crippen molar-refractivity contribution in [3.05, 3.63) is 59.2 Å². The maximum atomic E-state index is 12.9. The summed E-state index contributed by atoms with van der Waals surface area (Å²) in [5, 5.41) is 5.74. The summed E-state index contributed by atoms with van der Waals surface area (Å²) in [6, 6.07) is 11.8. The van der Waals surface area contributed by atoms with E-state index in [-0.39, 0.29) is 30.3 Å². The Morgan fingerprint density at radius 1 is 1.10 bits per heavy atom. The SMILES string of the molecule is COc1ccc(C(CC(=O)OC(C)C)NC(=O)c2ccc3c(c2)CCC(=O)N3)cc1. The molecule has 0 fully saturated rings. The van der Waals surface area contributed by atoms with Crippen molar-refractivity contribution in [1.82, 2.24) is 5.32 Å². The Morgan fingerprint density at radius 3 is 2.50 bits per heavy atom. The van der Waals surface area contributed by atoms with Crippen LogP contribution in [0.5, 0.6) is 5.75 Å². The molecule has 30 heavy (non-hydrogen) atoms. The highest BCUT2D eigenvalue weighted by Gasteiger charge is 2.22. The van der Waals surface area contributed by atoms with Gasteiger partial charge in [-0.1, -0.05) is 12.1 Å². The van der Waals surface area contributed by atoms with Gasteiger partial charge in [0.1, 0.15) is 5.75 Å². The lowest BCUT2D eigenvalue weighted by Gasteiger charge is -2.21. The molecule has 0 spiro atoms. The summed E-state index contributed by atoms with van der Waals surface area (Å²) in [5.41, 5.74) is 2.90. The summed E-state index contributed by atoms with van der Waals surface area (Å²) in [5.74, 6) is -0.0274. The molecule has 2 aromatic carbocycles. The molecule has 7 nitrogen and oxygen atoms in total. The third-order valence-corrected chi connectivity index (χ3v) is 4.82. The lowest BCUT2D eigenvalue weighted by atomic mass is 9.99. The standard InChI is InChI=1S/C23H26N2O5/c1-14(2)30-22(27)13-20(15-4-8-18(29-3)9-5-15)25-23(28)17-6-10-19-16(12-17)7-11-21(26)24-19/h4-6,8-10,12,14,20H,7,11,13H2,1-3H3,(H,24,26)(H,25,28). The molecule has 1 heterocycles. The number of amides is 2. The number of hydrogen-bond donors (Lipinski definition) is 2. The largest absolute Gasteiger partial charge is 0.497 e. The number of methoxy groups -OCH3 is 1. The smallest absolute Gasteiger partial charge is 0.308 e. The van der Waals surface area contributed by atoms with Gasteiger partial charge in [-0.2, -0.15) is 0 Å². The molecule has 0 radical (unpaired) electrons. The number of ether oxygens (including phenoxy) is 2. The second kappa shape index (κ2) is 9.43. The van der Waals surface area contributed by atoms with Crippen LogP contribution in [0.15, 0.2) is 42.5 Å². The normalized spacial score (nSPS) is 13.8. The highest BCUT2D eigenvalue weighted by atomic mass is 16.5. The van der Waals surface area contributed by atoms with E-state index in [2.05, 4.69) is 10.6 Å². The van der Waals surface area contributed by atoms with Crippen LogP contribution in [0.25, 0.3) is 0 Å². The minimum atomic E-state index is -0.551. The summed E-state index contributed by atoms with van der Waals surface area (Å²) >= 11 is 0. The molecule has 0 aromatic heterocycles. The number of fused-ring (bicyclic) bond motifs is 1. The van der Waals surface area contributed by atoms with E-state index in [1.54, 1.807) is 51.3 Å². The third-order valence-electron chi connectivity index (χ3n) is 4.82. The lowest BCUT2D eigenvalue weighted by molar-refractivity contribution is -0.148. The van der Waals surface area contributed by atoms with Crippen LogP contribution < -0.4 is 15.4 Å². The predicted octanol–water partition coefficient (Wildman–Crippen LogP) is 3.39. The molecule has 1 aliphatic rings. The van der Waals surface area contributed by atoms with E-state index in [1.807, 2.05) is 12.1 Å². The van der Waals surface area contributed by atoms with Crippen LogP contribution in [0, 0.1) is 0 Å². The monoisotopic (exact) mass is 410 g/mol. The molecule has 0 saturated heterocycles. The number of anilines is 1. The maximum Gasteiger partial charge on any atom is 0.308 e. The average molecular weight is 410 g/mol. The van der Waals surface area contributed by atoms with Gasteiger partial charge in [0, 0.05) is 17.7 Å². The van der Waals surface area contributed by atoms with E-state index in [0.717, 1.165) is 16.8 Å². The van der Waals surface area contributed by atoms with Crippen molar-refractivity contribution in [1.29, 1.82) is 0 Å². The Hall–Kier alpha value is -3.35. The summed E-state index contributed by atoms with van der Waals surface area (Å²) in [6.07, 6.45) is 0.760. The van der Waals surface area contributed by atoms with Gasteiger partial charge in [-0.3, -0.25) is 14.4 Å². The first kappa shape index (κ1) is 21.4. The Labute approximate surface area is 175 Å². The summed E-state index contributed by atoms with van der Waals surface area (Å²) < 4.78 is 10.4. The van der Waals surface area contributed by atoms with E-state index in [9.17, 15) is 14.4 Å². The molecular weight excluding hydrogens is 384 g/mol. The van der Waals surface area contributed by atoms with Gasteiger partial charge in [0.05, 0.1) is 25.7 Å². The molecule has 0 aliphatic carbocycles. The average Bonchev–Trinajstić information content (AvgIpc) is 2.72. The molecule has 1 unspecified atom stereocenters. The van der Waals surface area contributed by atoms with Gasteiger partial charge < -0.3 is 20.1 Å². The van der Waals surface area contributed by atoms with Crippen molar-refractivity contribution >= 4 is 23.5 Å². The van der Waals surface area contributed by atoms with Crippen LogP contribution in [0.4, 0.5) is 5.69 Å². The molecule has 3 rings (SSSR count). The van der Waals surface area contributed by atoms with E-state index < -0.39 is 6.04 Å². The van der Waals surface area contributed by atoms with Gasteiger partial charge in [-0.05, 0) is 61.7 Å². The second-order valence-corrected chi connectivity index (χ2v) is 7.46.